The van der Waals surface area contributed by atoms with Gasteiger partial charge in [-0.15, -0.1) is 11.8 Å². The summed E-state index contributed by atoms with van der Waals surface area (Å²) < 4.78 is 16.6. The number of hydrogen-bond donors (Lipinski definition) is 16. The minimum atomic E-state index is -2.01. The Bertz CT molecular complexity index is 3410. The summed E-state index contributed by atoms with van der Waals surface area (Å²) in [5.74, 6) is -11.0. The lowest BCUT2D eigenvalue weighted by molar-refractivity contribution is -0.151. The summed E-state index contributed by atoms with van der Waals surface area (Å²) in [5, 5.41) is 66.5. The number of benzene rings is 3. The lowest BCUT2D eigenvalue weighted by Gasteiger charge is -2.30. The van der Waals surface area contributed by atoms with E-state index in [0.717, 1.165) is 31.5 Å². The third-order valence-electron chi connectivity index (χ3n) is 17.8. The van der Waals surface area contributed by atoms with E-state index in [4.69, 9.17) is 19.9 Å². The fourth-order valence-corrected chi connectivity index (χ4v) is 13.0. The molecule has 3 fully saturated rings. The van der Waals surface area contributed by atoms with E-state index in [1.807, 2.05) is 6.92 Å². The van der Waals surface area contributed by atoms with Crippen LogP contribution in [0, 0.1) is 17.8 Å². The monoisotopic (exact) mass is 1490 g/mol. The van der Waals surface area contributed by atoms with Crippen molar-refractivity contribution in [2.24, 2.45) is 23.5 Å². The Balaban J connectivity index is 1.05. The van der Waals surface area contributed by atoms with Crippen molar-refractivity contribution in [3.05, 3.63) is 95.6 Å². The largest absolute Gasteiger partial charge is 0.508 e. The highest BCUT2D eigenvalue weighted by atomic mass is 32.2. The Morgan fingerprint density at radius 1 is 0.692 bits per heavy atom. The number of amides is 12. The Hall–Kier alpha value is -8.93. The van der Waals surface area contributed by atoms with Crippen molar-refractivity contribution in [2.45, 2.75) is 158 Å². The van der Waals surface area contributed by atoms with Gasteiger partial charge in [-0.05, 0) is 104 Å². The predicted molar refractivity (Wildman–Crippen MR) is 381 cm³/mol. The summed E-state index contributed by atoms with van der Waals surface area (Å²) in [7, 11) is 0. The first-order chi connectivity index (χ1) is 49.7. The summed E-state index contributed by atoms with van der Waals surface area (Å²) in [6, 6.07) is 5.76. The van der Waals surface area contributed by atoms with Gasteiger partial charge in [-0.25, -0.2) is 4.79 Å². The summed E-state index contributed by atoms with van der Waals surface area (Å²) in [6.07, 6.45) is 0.646. The Morgan fingerprint density at radius 2 is 1.29 bits per heavy atom. The van der Waals surface area contributed by atoms with Crippen molar-refractivity contribution in [3.63, 3.8) is 0 Å². The maximum Gasteiger partial charge on any atom is 0.328 e. The number of ether oxygens (including phenoxy) is 3. The molecule has 2 aliphatic heterocycles. The molecule has 3 aromatic carbocycles. The van der Waals surface area contributed by atoms with Crippen LogP contribution in [0.3, 0.4) is 0 Å². The van der Waals surface area contributed by atoms with Crippen LogP contribution in [0.4, 0.5) is 0 Å². The average Bonchev–Trinajstić information content (AvgIpc) is 1.66. The number of nitrogens with zero attached hydrogens (tertiary/aromatic N) is 1. The minimum absolute atomic E-state index is 0.00368. The normalized spacial score (nSPS) is 22.3. The maximum atomic E-state index is 14.6. The van der Waals surface area contributed by atoms with Gasteiger partial charge in [-0.3, -0.25) is 62.4 Å². The van der Waals surface area contributed by atoms with E-state index in [1.165, 1.54) is 53.4 Å². The lowest BCUT2D eigenvalue weighted by Crippen LogP contribution is -2.63. The number of thioether (sulfide) groups is 1. The molecular formula is C70H98N12O20S2. The second-order valence-electron chi connectivity index (χ2n) is 25.8. The van der Waals surface area contributed by atoms with Gasteiger partial charge in [0.05, 0.1) is 43.8 Å². The van der Waals surface area contributed by atoms with Crippen molar-refractivity contribution in [3.8, 4) is 11.5 Å². The minimum Gasteiger partial charge on any atom is -0.508 e. The number of aliphatic hydroxyl groups excluding tert-OH is 2. The van der Waals surface area contributed by atoms with Gasteiger partial charge < -0.3 is 93.5 Å². The van der Waals surface area contributed by atoms with Crippen molar-refractivity contribution >= 4 is 101 Å². The number of carbonyl (C=O) groups excluding carboxylic acids is 13. The standard InChI is InChI=1S/C70H98N12O20S2/c1-5-39(3)58-67(96)75-49(24-29-103)70(99)102-36-54(66(95)77-51(32-43-16-22-47(86)23-17-43)63(92)76-52(64(93)80-58)30-41-10-8-7-9-11-41)79-68(97)59(40(4)84)81-65(94)53(35-83)78-62(91)50(31-42-14-20-46(85)21-15-42)74-56(87)37-101-28-27-100-26-25-73-61(90)48(71)38-104-55-33-57(88)82(69(55)98)34-44-12-18-45(19-13-44)60(89)72-6-2/h7-11,14-17,20-23,39-40,44-45,48-55,58-59,83-86,103H,5-6,12-13,18-19,24-38,71H2,1-4H3,(H,72,89)(H,73,90)(H,74,87)(H,75,96)(H,76,92)(H,77,95)(H,78,91)(H,79,97)(H,80,93)(H,81,94)/t39?,40?,44?,45?,48-,49-,50-,51-,52-,53-,54-,55?,58-,59-/m0/s1. The number of nitrogens with one attached hydrogen (secondary N) is 10. The van der Waals surface area contributed by atoms with E-state index in [9.17, 15) is 82.8 Å². The fraction of sp³-hybridized carbons (Fsp3) is 0.557. The molecule has 1 saturated carbocycles. The molecule has 0 radical (unpaired) electrons. The number of hydrogen-bond acceptors (Lipinski definition) is 23. The molecule has 2 saturated heterocycles. The van der Waals surface area contributed by atoms with Crippen LogP contribution in [-0.4, -0.2) is 239 Å². The van der Waals surface area contributed by atoms with Crippen LogP contribution in [-0.2, 0) is 95.8 Å². The van der Waals surface area contributed by atoms with Crippen LogP contribution >= 0.6 is 24.4 Å². The molecule has 12 amide bonds. The second kappa shape index (κ2) is 42.7. The summed E-state index contributed by atoms with van der Waals surface area (Å²) in [5.41, 5.74) is 7.54. The summed E-state index contributed by atoms with van der Waals surface area (Å²) in [6.45, 7) is 4.40. The number of esters is 1. The van der Waals surface area contributed by atoms with Gasteiger partial charge in [-0.1, -0.05) is 74.9 Å². The number of imide groups is 1. The van der Waals surface area contributed by atoms with E-state index in [0.29, 0.717) is 42.5 Å². The van der Waals surface area contributed by atoms with Gasteiger partial charge in [-0.2, -0.15) is 12.6 Å². The zero-order valence-electron chi connectivity index (χ0n) is 58.6. The Labute approximate surface area is 612 Å². The molecule has 3 unspecified atom stereocenters. The van der Waals surface area contributed by atoms with Crippen molar-refractivity contribution < 1.29 is 97.0 Å². The molecule has 0 bridgehead atoms. The number of cyclic esters (lactones) is 1. The van der Waals surface area contributed by atoms with Gasteiger partial charge in [0.1, 0.15) is 73.0 Å². The van der Waals surface area contributed by atoms with Gasteiger partial charge in [0.2, 0.25) is 70.9 Å². The quantitative estimate of drug-likeness (QED) is 0.0126. The van der Waals surface area contributed by atoms with Crippen molar-refractivity contribution in [1.29, 1.82) is 0 Å². The highest BCUT2D eigenvalue weighted by molar-refractivity contribution is 8.00. The molecule has 32 nitrogen and oxygen atoms in total. The van der Waals surface area contributed by atoms with Gasteiger partial charge in [0.15, 0.2) is 0 Å². The maximum absolute atomic E-state index is 14.6. The van der Waals surface area contributed by atoms with E-state index in [-0.39, 0.29) is 118 Å². The van der Waals surface area contributed by atoms with E-state index in [2.05, 4.69) is 65.8 Å². The zero-order valence-corrected chi connectivity index (χ0v) is 60.3. The third kappa shape index (κ3) is 26.6. The number of aliphatic hydroxyl groups is 2. The van der Waals surface area contributed by atoms with E-state index >= 15 is 0 Å². The third-order valence-corrected chi connectivity index (χ3v) is 19.4. The van der Waals surface area contributed by atoms with Crippen LogP contribution in [0.25, 0.3) is 0 Å². The summed E-state index contributed by atoms with van der Waals surface area (Å²) in [4.78, 5) is 180. The Kier molecular flexibility index (Phi) is 34.5. The molecule has 570 valence electrons. The molecule has 6 rings (SSSR count). The topological polar surface area (TPSA) is 480 Å². The van der Waals surface area contributed by atoms with Crippen LogP contribution in [0.15, 0.2) is 78.9 Å². The van der Waals surface area contributed by atoms with E-state index < -0.39 is 151 Å². The number of rotatable bonds is 35. The van der Waals surface area contributed by atoms with Crippen molar-refractivity contribution in [1.82, 2.24) is 58.1 Å². The molecule has 34 heteroatoms. The lowest BCUT2D eigenvalue weighted by atomic mass is 9.81. The SMILES string of the molecule is CCNC(=O)C1CCC(CN2C(=O)CC(SC[C@H](N)C(=O)NCCOCCOCC(=O)N[C@@H](Cc3ccc(O)cc3)C(=O)N[C@@H](CO)C(=O)N[C@H](C(=O)N[C@H]3COC(=O)[C@H](CCS)NC(=O)[C@H](C(C)CC)NC(=O)[C@H](Cc4ccccc4)NC(=O)[C@H](Cc4ccc(O)cc4)NC3=O)C(C)O)C2=O)CC1. The highest BCUT2D eigenvalue weighted by Gasteiger charge is 2.42. The number of nitrogens with two attached hydrogens (primary N) is 1. The molecule has 16 N–H and O–H groups in total. The fourth-order valence-electron chi connectivity index (χ4n) is 11.6. The number of thiol groups is 1. The molecule has 1 aliphatic carbocycles. The molecule has 2 heterocycles. The smallest absolute Gasteiger partial charge is 0.328 e. The number of phenolic OH excluding ortho intramolecular Hbond substituents is 2. The first-order valence-corrected chi connectivity index (χ1v) is 36.4. The second-order valence-corrected chi connectivity index (χ2v) is 27.5. The number of likely N-dealkylation sites (tertiary alicyclic amines) is 1. The first-order valence-electron chi connectivity index (χ1n) is 34.7. The molecule has 104 heavy (non-hydrogen) atoms. The Morgan fingerprint density at radius 3 is 1.90 bits per heavy atom. The number of carbonyl (C=O) groups is 13. The molecule has 0 aromatic heterocycles. The highest BCUT2D eigenvalue weighted by Crippen LogP contribution is 2.33. The van der Waals surface area contributed by atoms with Crippen molar-refractivity contribution in [2.75, 3.05) is 70.8 Å². The van der Waals surface area contributed by atoms with Gasteiger partial charge >= 0.3 is 5.97 Å². The molecule has 3 aliphatic rings. The van der Waals surface area contributed by atoms with Crippen LogP contribution < -0.4 is 58.9 Å². The van der Waals surface area contributed by atoms with Crippen LogP contribution in [0.2, 0.25) is 0 Å². The first kappa shape index (κ1) is 84.0. The molecule has 3 aromatic rings. The molecular weight excluding hydrogens is 1390 g/mol. The number of phenols is 2. The summed E-state index contributed by atoms with van der Waals surface area (Å²) >= 11 is 5.39. The number of aromatic hydroxyl groups is 2. The van der Waals surface area contributed by atoms with Crippen LogP contribution in [0.1, 0.15) is 89.3 Å². The molecule has 12 atom stereocenters. The molecule has 0 spiro atoms. The van der Waals surface area contributed by atoms with E-state index in [1.54, 1.807) is 44.2 Å². The van der Waals surface area contributed by atoms with Gasteiger partial charge in [0, 0.05) is 57.0 Å². The van der Waals surface area contributed by atoms with Crippen LogP contribution in [0.5, 0.6) is 11.5 Å². The van der Waals surface area contributed by atoms with Gasteiger partial charge in [0.25, 0.3) is 0 Å². The average molecular weight is 1490 g/mol. The predicted octanol–water partition coefficient (Wildman–Crippen LogP) is -2.42. The zero-order chi connectivity index (χ0) is 76.0.